The molecule has 0 aliphatic carbocycles. The van der Waals surface area contributed by atoms with E-state index in [-0.39, 0.29) is 5.75 Å². The van der Waals surface area contributed by atoms with Gasteiger partial charge in [0.1, 0.15) is 0 Å². The number of sulfonamides is 1. The van der Waals surface area contributed by atoms with Gasteiger partial charge >= 0.3 is 0 Å². The molecule has 0 N–H and O–H groups in total. The van der Waals surface area contributed by atoms with Crippen LogP contribution in [0.2, 0.25) is 0 Å². The summed E-state index contributed by atoms with van der Waals surface area (Å²) in [6.07, 6.45) is 2.56. The summed E-state index contributed by atoms with van der Waals surface area (Å²) in [7, 11) is -3.29. The van der Waals surface area contributed by atoms with Crippen LogP contribution in [0.25, 0.3) is 0 Å². The SMILES string of the molecule is CCCCCS(=O)(=O)N=C=S. The van der Waals surface area contributed by atoms with Crippen molar-refractivity contribution < 1.29 is 8.42 Å². The van der Waals surface area contributed by atoms with Gasteiger partial charge in [0.15, 0.2) is 0 Å². The van der Waals surface area contributed by atoms with Gasteiger partial charge in [-0.25, -0.2) is 8.42 Å². The van der Waals surface area contributed by atoms with Gasteiger partial charge in [0.05, 0.1) is 10.9 Å². The quantitative estimate of drug-likeness (QED) is 0.378. The summed E-state index contributed by atoms with van der Waals surface area (Å²) < 4.78 is 24.7. The second kappa shape index (κ2) is 5.41. The van der Waals surface area contributed by atoms with Gasteiger partial charge in [-0.05, 0) is 18.6 Å². The Kier molecular flexibility index (Phi) is 5.28. The van der Waals surface area contributed by atoms with Crippen LogP contribution in [0.1, 0.15) is 26.2 Å². The molecular formula is C6H11NO2S2. The van der Waals surface area contributed by atoms with Gasteiger partial charge in [-0.2, -0.15) is 0 Å². The van der Waals surface area contributed by atoms with Crippen LogP contribution in [0.4, 0.5) is 0 Å². The predicted molar refractivity (Wildman–Crippen MR) is 48.3 cm³/mol. The third-order valence-corrected chi connectivity index (χ3v) is 2.56. The number of rotatable bonds is 5. The third kappa shape index (κ3) is 6.16. The molecule has 0 saturated heterocycles. The Bertz CT molecular complexity index is 239. The van der Waals surface area contributed by atoms with E-state index in [1.165, 1.54) is 0 Å². The first kappa shape index (κ1) is 10.8. The molecule has 0 aliphatic rings. The van der Waals surface area contributed by atoms with Crippen LogP contribution < -0.4 is 0 Å². The minimum atomic E-state index is -3.29. The number of hydrogen-bond donors (Lipinski definition) is 0. The number of thiocarbonyl (C=S) groups is 1. The minimum Gasteiger partial charge on any atom is -0.204 e. The highest BCUT2D eigenvalue weighted by atomic mass is 32.2. The summed E-state index contributed by atoms with van der Waals surface area (Å²) in [5.74, 6) is 0.0878. The van der Waals surface area contributed by atoms with Crippen molar-refractivity contribution in [2.45, 2.75) is 26.2 Å². The molecule has 0 saturated carbocycles. The molecule has 11 heavy (non-hydrogen) atoms. The van der Waals surface area contributed by atoms with Crippen LogP contribution >= 0.6 is 12.2 Å². The zero-order valence-electron chi connectivity index (χ0n) is 6.41. The molecule has 3 nitrogen and oxygen atoms in total. The lowest BCUT2D eigenvalue weighted by Crippen LogP contribution is -2.01. The van der Waals surface area contributed by atoms with Crippen molar-refractivity contribution >= 4 is 27.4 Å². The number of unbranched alkanes of at least 4 members (excludes halogenated alkanes) is 2. The van der Waals surface area contributed by atoms with Crippen molar-refractivity contribution in [3.8, 4) is 0 Å². The molecule has 0 spiro atoms. The fourth-order valence-electron chi connectivity index (χ4n) is 0.637. The summed E-state index contributed by atoms with van der Waals surface area (Å²) in [6, 6.07) is 0. The van der Waals surface area contributed by atoms with Gasteiger partial charge in [-0.3, -0.25) is 0 Å². The van der Waals surface area contributed by atoms with Crippen LogP contribution in [0, 0.1) is 0 Å². The molecule has 0 bridgehead atoms. The fraction of sp³-hybridized carbons (Fsp3) is 0.833. The smallest absolute Gasteiger partial charge is 0.204 e. The topological polar surface area (TPSA) is 46.5 Å². The Morgan fingerprint density at radius 2 is 2.09 bits per heavy atom. The second-order valence-electron chi connectivity index (χ2n) is 2.18. The normalized spacial score (nSPS) is 10.6. The highest BCUT2D eigenvalue weighted by Crippen LogP contribution is 1.99. The molecule has 0 aromatic rings. The van der Waals surface area contributed by atoms with Gasteiger partial charge in [0.25, 0.3) is 10.0 Å². The average Bonchev–Trinajstić information content (AvgIpc) is 1.87. The Morgan fingerprint density at radius 3 is 2.55 bits per heavy atom. The largest absolute Gasteiger partial charge is 0.261 e. The zero-order valence-corrected chi connectivity index (χ0v) is 8.04. The highest BCUT2D eigenvalue weighted by molar-refractivity contribution is 7.90. The van der Waals surface area contributed by atoms with Gasteiger partial charge in [-0.15, -0.1) is 4.40 Å². The summed E-state index contributed by atoms with van der Waals surface area (Å²) >= 11 is 4.18. The number of nitrogens with zero attached hydrogens (tertiary/aromatic N) is 1. The van der Waals surface area contributed by atoms with Crippen LogP contribution in [-0.2, 0) is 10.0 Å². The Labute approximate surface area is 72.6 Å². The lowest BCUT2D eigenvalue weighted by atomic mass is 10.3. The van der Waals surface area contributed by atoms with Gasteiger partial charge in [0, 0.05) is 0 Å². The highest BCUT2D eigenvalue weighted by Gasteiger charge is 2.05. The van der Waals surface area contributed by atoms with E-state index in [0.29, 0.717) is 6.42 Å². The molecule has 0 aliphatic heterocycles. The van der Waals surface area contributed by atoms with Crippen molar-refractivity contribution in [1.82, 2.24) is 0 Å². The maximum atomic E-state index is 10.8. The van der Waals surface area contributed by atoms with E-state index in [2.05, 4.69) is 16.6 Å². The summed E-state index contributed by atoms with van der Waals surface area (Å²) in [4.78, 5) is 0. The minimum absolute atomic E-state index is 0.0878. The van der Waals surface area contributed by atoms with Crippen molar-refractivity contribution in [3.63, 3.8) is 0 Å². The molecule has 0 fully saturated rings. The lowest BCUT2D eigenvalue weighted by Gasteiger charge is -1.93. The fourth-order valence-corrected chi connectivity index (χ4v) is 1.75. The first-order chi connectivity index (χ1) is 5.12. The second-order valence-corrected chi connectivity index (χ2v) is 4.11. The maximum Gasteiger partial charge on any atom is 0.261 e. The van der Waals surface area contributed by atoms with Crippen LogP contribution in [0.3, 0.4) is 0 Å². The molecular weight excluding hydrogens is 182 g/mol. The van der Waals surface area contributed by atoms with E-state index in [0.717, 1.165) is 12.8 Å². The number of hydrogen-bond acceptors (Lipinski definition) is 3. The van der Waals surface area contributed by atoms with Crippen molar-refractivity contribution in [3.05, 3.63) is 0 Å². The molecule has 0 radical (unpaired) electrons. The molecule has 0 amide bonds. The zero-order chi connectivity index (χ0) is 8.74. The average molecular weight is 193 g/mol. The monoisotopic (exact) mass is 193 g/mol. The van der Waals surface area contributed by atoms with E-state index in [4.69, 9.17) is 0 Å². The lowest BCUT2D eigenvalue weighted by molar-refractivity contribution is 0.593. The van der Waals surface area contributed by atoms with Crippen LogP contribution in [0.15, 0.2) is 4.40 Å². The summed E-state index contributed by atoms with van der Waals surface area (Å²) in [5.41, 5.74) is 0. The molecule has 0 unspecified atom stereocenters. The molecule has 0 aromatic heterocycles. The van der Waals surface area contributed by atoms with Crippen molar-refractivity contribution in [2.24, 2.45) is 4.40 Å². The van der Waals surface area contributed by atoms with Gasteiger partial charge in [0.2, 0.25) is 0 Å². The molecule has 0 heterocycles. The van der Waals surface area contributed by atoms with E-state index in [9.17, 15) is 8.42 Å². The van der Waals surface area contributed by atoms with Crippen LogP contribution in [0.5, 0.6) is 0 Å². The molecule has 0 atom stereocenters. The number of isothiocyanates is 1. The Morgan fingerprint density at radius 1 is 1.45 bits per heavy atom. The van der Waals surface area contributed by atoms with Gasteiger partial charge < -0.3 is 0 Å². The molecule has 5 heteroatoms. The first-order valence-electron chi connectivity index (χ1n) is 3.44. The third-order valence-electron chi connectivity index (χ3n) is 1.18. The summed E-state index contributed by atoms with van der Waals surface area (Å²) in [5, 5.41) is 1.86. The first-order valence-corrected chi connectivity index (χ1v) is 5.46. The van der Waals surface area contributed by atoms with Gasteiger partial charge in [-0.1, -0.05) is 19.8 Å². The van der Waals surface area contributed by atoms with E-state index in [1.54, 1.807) is 0 Å². The molecule has 0 rings (SSSR count). The Hall–Kier alpha value is -0.250. The maximum absolute atomic E-state index is 10.8. The molecule has 64 valence electrons. The standard InChI is InChI=1S/C6H11NO2S2/c1-2-3-4-5-11(8,9)7-6-10/h2-5H2,1H3. The van der Waals surface area contributed by atoms with Crippen molar-refractivity contribution in [2.75, 3.05) is 5.75 Å². The van der Waals surface area contributed by atoms with E-state index >= 15 is 0 Å². The van der Waals surface area contributed by atoms with E-state index < -0.39 is 10.0 Å². The van der Waals surface area contributed by atoms with Crippen LogP contribution in [-0.4, -0.2) is 19.3 Å². The Balaban J connectivity index is 3.84. The van der Waals surface area contributed by atoms with E-state index in [1.807, 2.05) is 12.1 Å². The summed E-state index contributed by atoms with van der Waals surface area (Å²) in [6.45, 7) is 2.01. The molecule has 0 aromatic carbocycles. The van der Waals surface area contributed by atoms with Crippen molar-refractivity contribution in [1.29, 1.82) is 0 Å². The predicted octanol–water partition coefficient (Wildman–Crippen LogP) is 1.61.